The Labute approximate surface area is 108 Å². The van der Waals surface area contributed by atoms with Gasteiger partial charge in [-0.2, -0.15) is 0 Å². The third-order valence-electron chi connectivity index (χ3n) is 1.82. The molecule has 1 aromatic carbocycles. The lowest BCUT2D eigenvalue weighted by molar-refractivity contribution is 0.0727. The Morgan fingerprint density at radius 1 is 1.60 bits per heavy atom. The SMILES string of the molecule is COCC(O)CNc1ccc(Cl)cc1I. The second-order valence-electron chi connectivity index (χ2n) is 3.11. The number of ether oxygens (including phenoxy) is 1. The maximum Gasteiger partial charge on any atom is 0.0945 e. The largest absolute Gasteiger partial charge is 0.389 e. The highest BCUT2D eigenvalue weighted by Crippen LogP contribution is 2.22. The molecule has 0 saturated heterocycles. The fourth-order valence-electron chi connectivity index (χ4n) is 1.11. The van der Waals surface area contributed by atoms with Gasteiger partial charge in [0.2, 0.25) is 0 Å². The van der Waals surface area contributed by atoms with E-state index in [1.165, 1.54) is 0 Å². The van der Waals surface area contributed by atoms with Crippen molar-refractivity contribution in [3.8, 4) is 0 Å². The van der Waals surface area contributed by atoms with Gasteiger partial charge in [-0.15, -0.1) is 0 Å². The van der Waals surface area contributed by atoms with Crippen LogP contribution in [0.1, 0.15) is 0 Å². The van der Waals surface area contributed by atoms with Gasteiger partial charge in [0.15, 0.2) is 0 Å². The summed E-state index contributed by atoms with van der Waals surface area (Å²) in [6.45, 7) is 0.794. The molecule has 2 N–H and O–H groups in total. The van der Waals surface area contributed by atoms with Crippen LogP contribution in [0.2, 0.25) is 5.02 Å². The monoisotopic (exact) mass is 341 g/mol. The summed E-state index contributed by atoms with van der Waals surface area (Å²) in [7, 11) is 1.56. The van der Waals surface area contributed by atoms with Crippen LogP contribution < -0.4 is 5.32 Å². The fraction of sp³-hybridized carbons (Fsp3) is 0.400. The van der Waals surface area contributed by atoms with Crippen molar-refractivity contribution in [1.82, 2.24) is 0 Å². The van der Waals surface area contributed by atoms with Gasteiger partial charge in [-0.3, -0.25) is 0 Å². The molecule has 15 heavy (non-hydrogen) atoms. The lowest BCUT2D eigenvalue weighted by atomic mass is 10.3. The summed E-state index contributed by atoms with van der Waals surface area (Å²) in [5.41, 5.74) is 0.968. The van der Waals surface area contributed by atoms with E-state index in [2.05, 4.69) is 27.9 Å². The first-order chi connectivity index (χ1) is 7.13. The van der Waals surface area contributed by atoms with Gasteiger partial charge in [-0.1, -0.05) is 11.6 Å². The van der Waals surface area contributed by atoms with Gasteiger partial charge < -0.3 is 15.2 Å². The predicted molar refractivity (Wildman–Crippen MR) is 70.5 cm³/mol. The van der Waals surface area contributed by atoms with Crippen LogP contribution in [0.5, 0.6) is 0 Å². The molecule has 5 heteroatoms. The summed E-state index contributed by atoms with van der Waals surface area (Å²) in [6, 6.07) is 5.57. The number of hydrogen-bond acceptors (Lipinski definition) is 3. The van der Waals surface area contributed by atoms with Gasteiger partial charge in [-0.05, 0) is 40.8 Å². The molecule has 84 valence electrons. The topological polar surface area (TPSA) is 41.5 Å². The fourth-order valence-corrected chi connectivity index (χ4v) is 2.17. The Hall–Kier alpha value is -0.0400. The number of benzene rings is 1. The molecule has 0 heterocycles. The van der Waals surface area contributed by atoms with Gasteiger partial charge in [0.1, 0.15) is 0 Å². The summed E-state index contributed by atoms with van der Waals surface area (Å²) >= 11 is 8.02. The number of hydrogen-bond donors (Lipinski definition) is 2. The minimum atomic E-state index is -0.499. The van der Waals surface area contributed by atoms with E-state index in [4.69, 9.17) is 16.3 Å². The van der Waals surface area contributed by atoms with Crippen molar-refractivity contribution in [3.05, 3.63) is 26.8 Å². The highest BCUT2D eigenvalue weighted by atomic mass is 127. The van der Waals surface area contributed by atoms with Crippen LogP contribution in [0.25, 0.3) is 0 Å². The Morgan fingerprint density at radius 3 is 2.93 bits per heavy atom. The third kappa shape index (κ3) is 4.55. The van der Waals surface area contributed by atoms with E-state index in [9.17, 15) is 5.11 Å². The number of anilines is 1. The number of nitrogens with one attached hydrogen (secondary N) is 1. The normalized spacial score (nSPS) is 12.5. The summed E-state index contributed by atoms with van der Waals surface area (Å²) in [4.78, 5) is 0. The standard InChI is InChI=1S/C10H13ClINO2/c1-15-6-8(14)5-13-10-3-2-7(11)4-9(10)12/h2-4,8,13-14H,5-6H2,1H3. The zero-order valence-electron chi connectivity index (χ0n) is 8.34. The molecule has 0 fully saturated rings. The summed E-state index contributed by atoms with van der Waals surface area (Å²) in [5, 5.41) is 13.3. The second-order valence-corrected chi connectivity index (χ2v) is 4.71. The van der Waals surface area contributed by atoms with E-state index in [1.807, 2.05) is 18.2 Å². The van der Waals surface area contributed by atoms with Crippen molar-refractivity contribution in [1.29, 1.82) is 0 Å². The minimum Gasteiger partial charge on any atom is -0.389 e. The zero-order chi connectivity index (χ0) is 11.3. The van der Waals surface area contributed by atoms with Crippen LogP contribution in [0.15, 0.2) is 18.2 Å². The summed E-state index contributed by atoms with van der Waals surface area (Å²) in [5.74, 6) is 0. The summed E-state index contributed by atoms with van der Waals surface area (Å²) < 4.78 is 5.86. The first-order valence-corrected chi connectivity index (χ1v) is 5.95. The predicted octanol–water partition coefficient (Wildman–Crippen LogP) is 2.36. The Bertz CT molecular complexity index is 322. The molecule has 0 aliphatic heterocycles. The van der Waals surface area contributed by atoms with Crippen LogP contribution in [0.3, 0.4) is 0 Å². The first kappa shape index (κ1) is 13.0. The molecule has 0 aromatic heterocycles. The molecule has 0 aliphatic carbocycles. The molecule has 0 bridgehead atoms. The van der Waals surface area contributed by atoms with E-state index in [1.54, 1.807) is 7.11 Å². The van der Waals surface area contributed by atoms with Crippen LogP contribution in [0.4, 0.5) is 5.69 Å². The average Bonchev–Trinajstić information content (AvgIpc) is 2.17. The van der Waals surface area contributed by atoms with Gasteiger partial charge in [0.25, 0.3) is 0 Å². The molecule has 1 unspecified atom stereocenters. The van der Waals surface area contributed by atoms with E-state index < -0.39 is 6.10 Å². The van der Waals surface area contributed by atoms with Gasteiger partial charge in [0, 0.05) is 27.9 Å². The summed E-state index contributed by atoms with van der Waals surface area (Å²) in [6.07, 6.45) is -0.499. The molecule has 0 spiro atoms. The molecular weight excluding hydrogens is 328 g/mol. The van der Waals surface area contributed by atoms with Crippen molar-refractivity contribution in [3.63, 3.8) is 0 Å². The molecule has 0 amide bonds. The van der Waals surface area contributed by atoms with Gasteiger partial charge in [-0.25, -0.2) is 0 Å². The van der Waals surface area contributed by atoms with Crippen LogP contribution in [-0.2, 0) is 4.74 Å². The molecule has 1 rings (SSSR count). The molecule has 0 radical (unpaired) electrons. The number of aliphatic hydroxyl groups is 1. The number of aliphatic hydroxyl groups excluding tert-OH is 1. The Kier molecular flexibility index (Phi) is 5.66. The Morgan fingerprint density at radius 2 is 2.33 bits per heavy atom. The van der Waals surface area contributed by atoms with Gasteiger partial charge >= 0.3 is 0 Å². The average molecular weight is 342 g/mol. The number of halogens is 2. The molecule has 1 aromatic rings. The van der Waals surface area contributed by atoms with Crippen molar-refractivity contribution >= 4 is 39.9 Å². The quantitative estimate of drug-likeness (QED) is 0.808. The lowest BCUT2D eigenvalue weighted by Crippen LogP contribution is -2.24. The number of methoxy groups -OCH3 is 1. The molecule has 0 saturated carbocycles. The van der Waals surface area contributed by atoms with E-state index in [-0.39, 0.29) is 0 Å². The van der Waals surface area contributed by atoms with Crippen LogP contribution >= 0.6 is 34.2 Å². The molecule has 3 nitrogen and oxygen atoms in total. The molecule has 0 aliphatic rings. The van der Waals surface area contributed by atoms with E-state index in [0.29, 0.717) is 18.2 Å². The van der Waals surface area contributed by atoms with Crippen molar-refractivity contribution in [2.24, 2.45) is 0 Å². The van der Waals surface area contributed by atoms with Crippen LogP contribution in [0, 0.1) is 3.57 Å². The Balaban J connectivity index is 2.50. The lowest BCUT2D eigenvalue weighted by Gasteiger charge is -2.13. The van der Waals surface area contributed by atoms with Crippen molar-refractivity contribution in [2.75, 3.05) is 25.6 Å². The minimum absolute atomic E-state index is 0.331. The molecular formula is C10H13ClINO2. The highest BCUT2D eigenvalue weighted by molar-refractivity contribution is 14.1. The third-order valence-corrected chi connectivity index (χ3v) is 2.95. The van der Waals surface area contributed by atoms with Crippen molar-refractivity contribution in [2.45, 2.75) is 6.10 Å². The first-order valence-electron chi connectivity index (χ1n) is 4.49. The van der Waals surface area contributed by atoms with Crippen LogP contribution in [-0.4, -0.2) is 31.5 Å². The highest BCUT2D eigenvalue weighted by Gasteiger charge is 2.05. The maximum atomic E-state index is 9.44. The molecule has 1 atom stereocenters. The maximum absolute atomic E-state index is 9.44. The zero-order valence-corrected chi connectivity index (χ0v) is 11.2. The van der Waals surface area contributed by atoms with E-state index in [0.717, 1.165) is 9.26 Å². The smallest absolute Gasteiger partial charge is 0.0945 e. The van der Waals surface area contributed by atoms with E-state index >= 15 is 0 Å². The number of rotatable bonds is 5. The second kappa shape index (κ2) is 6.52. The van der Waals surface area contributed by atoms with Gasteiger partial charge in [0.05, 0.1) is 12.7 Å². The van der Waals surface area contributed by atoms with Crippen molar-refractivity contribution < 1.29 is 9.84 Å².